The van der Waals surface area contributed by atoms with Gasteiger partial charge in [0.1, 0.15) is 22.9 Å². The number of benzene rings is 4. The van der Waals surface area contributed by atoms with Gasteiger partial charge in [0.05, 0.1) is 46.5 Å². The van der Waals surface area contributed by atoms with Gasteiger partial charge in [-0.05, 0) is 72.8 Å². The first-order chi connectivity index (χ1) is 25.0. The van der Waals surface area contributed by atoms with Crippen LogP contribution in [-0.4, -0.2) is 52.8 Å². The highest BCUT2D eigenvalue weighted by molar-refractivity contribution is 7.93. The van der Waals surface area contributed by atoms with Crippen molar-refractivity contribution < 1.29 is 35.9 Å². The average Bonchev–Trinajstić information content (AvgIpc) is 3.81. The second kappa shape index (κ2) is 15.2. The summed E-state index contributed by atoms with van der Waals surface area (Å²) in [6, 6.07) is 24.0. The number of ether oxygens (including phenoxy) is 2. The molecular formula is C34H28N6O8S4. The van der Waals surface area contributed by atoms with Crippen LogP contribution >= 0.6 is 22.7 Å². The third kappa shape index (κ3) is 8.21. The molecule has 0 aliphatic rings. The predicted octanol–water partition coefficient (Wildman–Crippen LogP) is 6.39. The highest BCUT2D eigenvalue weighted by atomic mass is 32.2. The van der Waals surface area contributed by atoms with Crippen LogP contribution < -0.4 is 29.6 Å². The lowest BCUT2D eigenvalue weighted by molar-refractivity contribution is 0.101. The summed E-state index contributed by atoms with van der Waals surface area (Å²) in [6.07, 6.45) is 0. The van der Waals surface area contributed by atoms with Crippen LogP contribution in [-0.2, 0) is 20.0 Å². The lowest BCUT2D eigenvalue weighted by atomic mass is 10.2. The van der Waals surface area contributed by atoms with E-state index in [9.17, 15) is 26.4 Å². The summed E-state index contributed by atoms with van der Waals surface area (Å²) in [5.74, 6) is -0.200. The molecular weight excluding hydrogens is 749 g/mol. The molecule has 0 aliphatic carbocycles. The van der Waals surface area contributed by atoms with Gasteiger partial charge in [0.25, 0.3) is 31.9 Å². The number of aromatic nitrogens is 2. The van der Waals surface area contributed by atoms with Crippen LogP contribution in [0.5, 0.6) is 11.5 Å². The van der Waals surface area contributed by atoms with Gasteiger partial charge in [-0.2, -0.15) is 0 Å². The highest BCUT2D eigenvalue weighted by Gasteiger charge is 2.22. The Hall–Kier alpha value is -5.82. The number of methoxy groups -OCH3 is 2. The first-order valence-corrected chi connectivity index (χ1v) is 19.7. The molecule has 2 heterocycles. The third-order valence-electron chi connectivity index (χ3n) is 7.28. The zero-order valence-corrected chi connectivity index (χ0v) is 30.5. The summed E-state index contributed by atoms with van der Waals surface area (Å²) in [7, 11) is -5.09. The van der Waals surface area contributed by atoms with E-state index >= 15 is 0 Å². The summed E-state index contributed by atoms with van der Waals surface area (Å²) < 4.78 is 67.2. The molecule has 0 aliphatic heterocycles. The number of carbonyl (C=O) groups excluding carboxylic acids is 2. The SMILES string of the molecule is COc1ccc(S(=O)(=O)Nc2ccccc2C(=O)Nc2nc(-c3csc(NC(=O)c4ccccc4NS(=O)(=O)c4ccc(OC)cc4)n3)cs2)cc1. The number of amides is 2. The fourth-order valence-corrected chi connectivity index (χ4v) is 8.24. The number of para-hydroxylation sites is 2. The Balaban J connectivity index is 1.12. The Bertz CT molecular complexity index is 2290. The number of hydrogen-bond donors (Lipinski definition) is 4. The van der Waals surface area contributed by atoms with E-state index in [1.54, 1.807) is 35.0 Å². The van der Waals surface area contributed by atoms with Gasteiger partial charge in [0, 0.05) is 10.8 Å². The van der Waals surface area contributed by atoms with Gasteiger partial charge in [-0.3, -0.25) is 29.7 Å². The number of hydrogen-bond acceptors (Lipinski definition) is 12. The van der Waals surface area contributed by atoms with Crippen LogP contribution in [0.4, 0.5) is 21.6 Å². The smallest absolute Gasteiger partial charge is 0.261 e. The Morgan fingerprint density at radius 3 is 1.29 bits per heavy atom. The molecule has 0 bridgehead atoms. The van der Waals surface area contributed by atoms with Crippen molar-refractivity contribution >= 4 is 76.2 Å². The van der Waals surface area contributed by atoms with Gasteiger partial charge in [-0.1, -0.05) is 24.3 Å². The molecule has 266 valence electrons. The lowest BCUT2D eigenvalue weighted by Crippen LogP contribution is -2.18. The predicted molar refractivity (Wildman–Crippen MR) is 200 cm³/mol. The van der Waals surface area contributed by atoms with Gasteiger partial charge in [-0.15, -0.1) is 22.7 Å². The van der Waals surface area contributed by atoms with Gasteiger partial charge in [-0.25, -0.2) is 26.8 Å². The van der Waals surface area contributed by atoms with Gasteiger partial charge < -0.3 is 9.47 Å². The molecule has 0 fully saturated rings. The largest absolute Gasteiger partial charge is 0.497 e. The van der Waals surface area contributed by atoms with E-state index in [0.717, 1.165) is 22.7 Å². The minimum Gasteiger partial charge on any atom is -0.497 e. The van der Waals surface area contributed by atoms with E-state index in [1.165, 1.54) is 87.0 Å². The normalized spacial score (nSPS) is 11.3. The highest BCUT2D eigenvalue weighted by Crippen LogP contribution is 2.30. The summed E-state index contributed by atoms with van der Waals surface area (Å²) in [5, 5.41) is 9.17. The molecule has 2 amide bonds. The van der Waals surface area contributed by atoms with Crippen molar-refractivity contribution in [3.05, 3.63) is 119 Å². The minimum atomic E-state index is -4.02. The second-order valence-corrected chi connectivity index (χ2v) is 15.7. The summed E-state index contributed by atoms with van der Waals surface area (Å²) in [6.45, 7) is 0. The summed E-state index contributed by atoms with van der Waals surface area (Å²) in [5.41, 5.74) is 1.12. The maximum Gasteiger partial charge on any atom is 0.261 e. The topological polar surface area (TPSA) is 195 Å². The van der Waals surface area contributed by atoms with E-state index in [-0.39, 0.29) is 42.6 Å². The third-order valence-corrected chi connectivity index (χ3v) is 11.6. The van der Waals surface area contributed by atoms with Crippen LogP contribution in [0.15, 0.2) is 118 Å². The molecule has 52 heavy (non-hydrogen) atoms. The van der Waals surface area contributed by atoms with Gasteiger partial charge in [0.15, 0.2) is 10.3 Å². The zero-order valence-electron chi connectivity index (χ0n) is 27.2. The Morgan fingerprint density at radius 1 is 0.558 bits per heavy atom. The Kier molecular flexibility index (Phi) is 10.5. The average molecular weight is 777 g/mol. The number of anilines is 4. The first-order valence-electron chi connectivity index (χ1n) is 15.0. The van der Waals surface area contributed by atoms with Crippen molar-refractivity contribution in [3.8, 4) is 22.9 Å². The zero-order chi connectivity index (χ0) is 36.9. The second-order valence-electron chi connectivity index (χ2n) is 10.6. The molecule has 6 aromatic rings. The van der Waals surface area contributed by atoms with Crippen LogP contribution in [0.3, 0.4) is 0 Å². The maximum atomic E-state index is 13.3. The van der Waals surface area contributed by atoms with Crippen LogP contribution in [0.1, 0.15) is 20.7 Å². The number of nitrogens with one attached hydrogen (secondary N) is 4. The Morgan fingerprint density at radius 2 is 0.923 bits per heavy atom. The summed E-state index contributed by atoms with van der Waals surface area (Å²) >= 11 is 2.25. The monoisotopic (exact) mass is 776 g/mol. The van der Waals surface area contributed by atoms with E-state index in [4.69, 9.17) is 9.47 Å². The van der Waals surface area contributed by atoms with Crippen LogP contribution in [0.2, 0.25) is 0 Å². The molecule has 0 saturated carbocycles. The number of carbonyl (C=O) groups is 2. The van der Waals surface area contributed by atoms with E-state index in [2.05, 4.69) is 30.0 Å². The molecule has 0 unspecified atom stereocenters. The fourth-order valence-electron chi connectivity index (χ4n) is 4.68. The fraction of sp³-hybridized carbons (Fsp3) is 0.0588. The van der Waals surface area contributed by atoms with Crippen LogP contribution in [0, 0.1) is 0 Å². The van der Waals surface area contributed by atoms with Crippen molar-refractivity contribution in [2.45, 2.75) is 9.79 Å². The van der Waals surface area contributed by atoms with E-state index < -0.39 is 31.9 Å². The van der Waals surface area contributed by atoms with Crippen molar-refractivity contribution in [1.82, 2.24) is 9.97 Å². The van der Waals surface area contributed by atoms with Crippen molar-refractivity contribution in [1.29, 1.82) is 0 Å². The molecule has 0 radical (unpaired) electrons. The molecule has 18 heteroatoms. The van der Waals surface area contributed by atoms with Crippen molar-refractivity contribution in [2.75, 3.05) is 34.3 Å². The van der Waals surface area contributed by atoms with E-state index in [1.807, 2.05) is 0 Å². The standard InChI is InChI=1S/C34H28N6O8S4/c1-47-21-11-15-23(16-12-21)51(43,44)39-27-9-5-3-7-25(27)31(41)37-33-35-29(19-49-33)30-20-50-34(36-30)38-32(42)26-8-4-6-10-28(26)40-52(45,46)24-17-13-22(48-2)14-18-24/h3-20,39-40H,1-2H3,(H,35,37,41)(H,36,38,42). The minimum absolute atomic E-state index is 0.00885. The first kappa shape index (κ1) is 36.0. The van der Waals surface area contributed by atoms with Gasteiger partial charge >= 0.3 is 0 Å². The van der Waals surface area contributed by atoms with Crippen molar-refractivity contribution in [3.63, 3.8) is 0 Å². The maximum absolute atomic E-state index is 13.3. The number of thiazole rings is 2. The van der Waals surface area contributed by atoms with Gasteiger partial charge in [0.2, 0.25) is 0 Å². The molecule has 0 saturated heterocycles. The van der Waals surface area contributed by atoms with Crippen molar-refractivity contribution in [2.24, 2.45) is 0 Å². The number of nitrogens with zero attached hydrogens (tertiary/aromatic N) is 2. The lowest BCUT2D eigenvalue weighted by Gasteiger charge is -2.12. The van der Waals surface area contributed by atoms with E-state index in [0.29, 0.717) is 22.9 Å². The molecule has 2 aromatic heterocycles. The molecule has 0 spiro atoms. The molecule has 14 nitrogen and oxygen atoms in total. The quantitative estimate of drug-likeness (QED) is 0.102. The molecule has 4 aromatic carbocycles. The number of rotatable bonds is 13. The summed E-state index contributed by atoms with van der Waals surface area (Å²) in [4.78, 5) is 35.4. The Labute approximate surface area is 306 Å². The van der Waals surface area contributed by atoms with Crippen LogP contribution in [0.25, 0.3) is 11.4 Å². The molecule has 6 rings (SSSR count). The molecule has 4 N–H and O–H groups in total. The number of sulfonamides is 2. The molecule has 0 atom stereocenters.